The molecule has 2 rings (SSSR count). The molecule has 0 saturated heterocycles. The standard InChI is InChI=1S/C20H28/c1-7-9-15(8-2)16-10-11-17-18(14-16)20(5,6)13-12-19(17,3)4/h7-11,14H,12-13H2,1-6H3/b9-7-,15-8+. The minimum Gasteiger partial charge on any atom is -0.0871 e. The molecule has 0 saturated carbocycles. The van der Waals surface area contributed by atoms with Crippen molar-refractivity contribution in [1.82, 2.24) is 0 Å². The smallest absolute Gasteiger partial charge is 0.0100 e. The third kappa shape index (κ3) is 2.61. The van der Waals surface area contributed by atoms with Gasteiger partial charge in [0.15, 0.2) is 0 Å². The van der Waals surface area contributed by atoms with Crippen LogP contribution in [0.15, 0.2) is 36.4 Å². The zero-order chi connectivity index (χ0) is 15.0. The largest absolute Gasteiger partial charge is 0.0871 e. The number of fused-ring (bicyclic) bond motifs is 1. The van der Waals surface area contributed by atoms with Gasteiger partial charge in [0.1, 0.15) is 0 Å². The van der Waals surface area contributed by atoms with E-state index < -0.39 is 0 Å². The molecular formula is C20H28. The molecule has 0 N–H and O–H groups in total. The van der Waals surface area contributed by atoms with Crippen molar-refractivity contribution in [3.63, 3.8) is 0 Å². The van der Waals surface area contributed by atoms with Gasteiger partial charge in [-0.3, -0.25) is 0 Å². The van der Waals surface area contributed by atoms with Crippen LogP contribution in [0.4, 0.5) is 0 Å². The third-order valence-corrected chi connectivity index (χ3v) is 4.84. The molecule has 0 spiro atoms. The van der Waals surface area contributed by atoms with E-state index in [0.717, 1.165) is 0 Å². The van der Waals surface area contributed by atoms with E-state index in [9.17, 15) is 0 Å². The summed E-state index contributed by atoms with van der Waals surface area (Å²) < 4.78 is 0. The van der Waals surface area contributed by atoms with Crippen molar-refractivity contribution in [3.05, 3.63) is 53.1 Å². The zero-order valence-electron chi connectivity index (χ0n) is 13.9. The van der Waals surface area contributed by atoms with E-state index in [4.69, 9.17) is 0 Å². The molecule has 0 aromatic heterocycles. The fraction of sp³-hybridized carbons (Fsp3) is 0.500. The van der Waals surface area contributed by atoms with E-state index in [2.05, 4.69) is 78.0 Å². The first kappa shape index (κ1) is 15.1. The van der Waals surface area contributed by atoms with Crippen molar-refractivity contribution < 1.29 is 0 Å². The topological polar surface area (TPSA) is 0 Å². The van der Waals surface area contributed by atoms with Gasteiger partial charge in [0.2, 0.25) is 0 Å². The molecule has 0 radical (unpaired) electrons. The highest BCUT2D eigenvalue weighted by atomic mass is 14.4. The predicted molar refractivity (Wildman–Crippen MR) is 90.2 cm³/mol. The van der Waals surface area contributed by atoms with Gasteiger partial charge in [0.25, 0.3) is 0 Å². The molecule has 0 bridgehead atoms. The lowest BCUT2D eigenvalue weighted by Gasteiger charge is -2.42. The summed E-state index contributed by atoms with van der Waals surface area (Å²) >= 11 is 0. The van der Waals surface area contributed by atoms with Crippen LogP contribution < -0.4 is 0 Å². The van der Waals surface area contributed by atoms with Crippen LogP contribution in [0.25, 0.3) is 5.57 Å². The highest BCUT2D eigenvalue weighted by Gasteiger charge is 2.36. The summed E-state index contributed by atoms with van der Waals surface area (Å²) in [6.07, 6.45) is 9.05. The Morgan fingerprint density at radius 2 is 1.55 bits per heavy atom. The molecule has 0 heteroatoms. The van der Waals surface area contributed by atoms with Crippen LogP contribution in [0.5, 0.6) is 0 Å². The van der Waals surface area contributed by atoms with E-state index in [0.29, 0.717) is 5.41 Å². The van der Waals surface area contributed by atoms with Gasteiger partial charge in [-0.15, -0.1) is 0 Å². The first-order valence-electron chi connectivity index (χ1n) is 7.76. The molecule has 20 heavy (non-hydrogen) atoms. The Labute approximate surface area is 124 Å². The van der Waals surface area contributed by atoms with E-state index in [1.165, 1.54) is 35.1 Å². The van der Waals surface area contributed by atoms with E-state index in [1.54, 1.807) is 0 Å². The quantitative estimate of drug-likeness (QED) is 0.576. The predicted octanol–water partition coefficient (Wildman–Crippen LogP) is 6.02. The van der Waals surface area contributed by atoms with E-state index in [-0.39, 0.29) is 5.41 Å². The molecule has 108 valence electrons. The van der Waals surface area contributed by atoms with E-state index in [1.807, 2.05) is 0 Å². The van der Waals surface area contributed by atoms with Gasteiger partial charge in [-0.2, -0.15) is 0 Å². The molecule has 0 amide bonds. The molecule has 1 aliphatic rings. The second kappa shape index (κ2) is 5.24. The highest BCUT2D eigenvalue weighted by molar-refractivity contribution is 5.74. The molecule has 0 unspecified atom stereocenters. The Morgan fingerprint density at radius 3 is 2.10 bits per heavy atom. The summed E-state index contributed by atoms with van der Waals surface area (Å²) in [6, 6.07) is 7.07. The molecular weight excluding hydrogens is 240 g/mol. The number of allylic oxidation sites excluding steroid dienone is 4. The second-order valence-electron chi connectivity index (χ2n) is 7.27. The maximum atomic E-state index is 2.42. The minimum atomic E-state index is 0.287. The lowest BCUT2D eigenvalue weighted by atomic mass is 9.63. The fourth-order valence-corrected chi connectivity index (χ4v) is 3.31. The summed E-state index contributed by atoms with van der Waals surface area (Å²) in [4.78, 5) is 0. The first-order valence-corrected chi connectivity index (χ1v) is 7.76. The second-order valence-corrected chi connectivity index (χ2v) is 7.27. The summed E-state index contributed by atoms with van der Waals surface area (Å²) in [6.45, 7) is 13.7. The average Bonchev–Trinajstić information content (AvgIpc) is 2.41. The molecule has 0 heterocycles. The number of benzene rings is 1. The SMILES string of the molecule is C/C=C\C(=C/C)c1ccc2c(c1)C(C)(C)CCC2(C)C. The van der Waals surface area contributed by atoms with Gasteiger partial charge in [0.05, 0.1) is 0 Å². The number of hydrogen-bond donors (Lipinski definition) is 0. The van der Waals surface area contributed by atoms with Gasteiger partial charge in [-0.1, -0.05) is 64.1 Å². The summed E-state index contributed by atoms with van der Waals surface area (Å²) in [5, 5.41) is 0. The Morgan fingerprint density at radius 1 is 0.950 bits per heavy atom. The summed E-state index contributed by atoms with van der Waals surface area (Å²) in [5.41, 5.74) is 6.32. The maximum Gasteiger partial charge on any atom is -0.0100 e. The lowest BCUT2D eigenvalue weighted by Crippen LogP contribution is -2.33. The zero-order valence-corrected chi connectivity index (χ0v) is 13.9. The van der Waals surface area contributed by atoms with E-state index >= 15 is 0 Å². The van der Waals surface area contributed by atoms with Crippen LogP contribution >= 0.6 is 0 Å². The van der Waals surface area contributed by atoms with Crippen LogP contribution in [0.3, 0.4) is 0 Å². The average molecular weight is 268 g/mol. The van der Waals surface area contributed by atoms with Gasteiger partial charge in [0, 0.05) is 0 Å². The molecule has 0 fully saturated rings. The molecule has 0 atom stereocenters. The minimum absolute atomic E-state index is 0.287. The molecule has 0 nitrogen and oxygen atoms in total. The fourth-order valence-electron chi connectivity index (χ4n) is 3.31. The normalized spacial score (nSPS) is 21.0. The number of rotatable bonds is 2. The lowest BCUT2D eigenvalue weighted by molar-refractivity contribution is 0.332. The Bertz CT molecular complexity index is 553. The van der Waals surface area contributed by atoms with Crippen LogP contribution in [0, 0.1) is 0 Å². The summed E-state index contributed by atoms with van der Waals surface area (Å²) in [5.74, 6) is 0. The molecule has 1 aromatic carbocycles. The van der Waals surface area contributed by atoms with Crippen LogP contribution in [0.2, 0.25) is 0 Å². The molecule has 0 aliphatic heterocycles. The Hall–Kier alpha value is -1.30. The molecule has 1 aliphatic carbocycles. The van der Waals surface area contributed by atoms with Gasteiger partial charge in [-0.05, 0) is 59.8 Å². The highest BCUT2D eigenvalue weighted by Crippen LogP contribution is 2.46. The van der Waals surface area contributed by atoms with Crippen molar-refractivity contribution >= 4 is 5.57 Å². The van der Waals surface area contributed by atoms with Crippen LogP contribution in [0.1, 0.15) is 71.1 Å². The summed E-state index contributed by atoms with van der Waals surface area (Å²) in [7, 11) is 0. The van der Waals surface area contributed by atoms with Crippen molar-refractivity contribution in [2.45, 2.75) is 65.2 Å². The van der Waals surface area contributed by atoms with Crippen LogP contribution in [-0.2, 0) is 10.8 Å². The van der Waals surface area contributed by atoms with Crippen molar-refractivity contribution in [2.24, 2.45) is 0 Å². The number of hydrogen-bond acceptors (Lipinski definition) is 0. The van der Waals surface area contributed by atoms with Crippen molar-refractivity contribution in [3.8, 4) is 0 Å². The third-order valence-electron chi connectivity index (χ3n) is 4.84. The Kier molecular flexibility index (Phi) is 3.95. The van der Waals surface area contributed by atoms with Crippen molar-refractivity contribution in [2.75, 3.05) is 0 Å². The maximum absolute atomic E-state index is 2.42. The van der Waals surface area contributed by atoms with Gasteiger partial charge >= 0.3 is 0 Å². The Balaban J connectivity index is 2.59. The molecule has 1 aromatic rings. The van der Waals surface area contributed by atoms with Gasteiger partial charge < -0.3 is 0 Å². The van der Waals surface area contributed by atoms with Gasteiger partial charge in [-0.25, -0.2) is 0 Å². The first-order chi connectivity index (χ1) is 9.31. The monoisotopic (exact) mass is 268 g/mol. The van der Waals surface area contributed by atoms with Crippen LogP contribution in [-0.4, -0.2) is 0 Å². The van der Waals surface area contributed by atoms with Crippen molar-refractivity contribution in [1.29, 1.82) is 0 Å².